The first-order valence-corrected chi connectivity index (χ1v) is 6.14. The first-order valence-electron chi connectivity index (χ1n) is 6.14. The Morgan fingerprint density at radius 3 is 2.47 bits per heavy atom. The summed E-state index contributed by atoms with van der Waals surface area (Å²) in [5.74, 6) is 0.487. The molecule has 0 aliphatic heterocycles. The van der Waals surface area contributed by atoms with Crippen LogP contribution >= 0.6 is 24.8 Å². The number of pyridine rings is 1. The minimum absolute atomic E-state index is 0. The average Bonchev–Trinajstić information content (AvgIpc) is 2.30. The van der Waals surface area contributed by atoms with Crippen LogP contribution in [0.4, 0.5) is 5.82 Å². The number of aromatic nitrogens is 1. The van der Waals surface area contributed by atoms with Crippen molar-refractivity contribution >= 4 is 36.5 Å². The van der Waals surface area contributed by atoms with E-state index in [1.165, 1.54) is 6.42 Å². The molecule has 0 aromatic carbocycles. The van der Waals surface area contributed by atoms with Crippen LogP contribution in [0.25, 0.3) is 0 Å². The van der Waals surface area contributed by atoms with Gasteiger partial charge in [0.05, 0.1) is 5.54 Å². The van der Waals surface area contributed by atoms with Crippen LogP contribution in [0.3, 0.4) is 0 Å². The number of nitrogens with two attached hydrogens (primary N) is 1. The summed E-state index contributed by atoms with van der Waals surface area (Å²) < 4.78 is 0. The highest BCUT2D eigenvalue weighted by molar-refractivity contribution is 5.97. The Kier molecular flexibility index (Phi) is 7.34. The van der Waals surface area contributed by atoms with Gasteiger partial charge in [-0.25, -0.2) is 4.98 Å². The number of carbonyl (C=O) groups excluding carboxylic acids is 1. The molecule has 0 bridgehead atoms. The van der Waals surface area contributed by atoms with Crippen molar-refractivity contribution in [3.8, 4) is 0 Å². The predicted molar refractivity (Wildman–Crippen MR) is 82.1 cm³/mol. The highest BCUT2D eigenvalue weighted by Gasteiger charge is 2.35. The SMILES string of the molecule is Cc1cccc(NC(=O)C2(N)CCCCC2)n1.Cl.Cl. The molecule has 0 atom stereocenters. The number of hydrogen-bond donors (Lipinski definition) is 2. The molecule has 19 heavy (non-hydrogen) atoms. The van der Waals surface area contributed by atoms with Crippen molar-refractivity contribution in [2.45, 2.75) is 44.6 Å². The molecule has 1 heterocycles. The summed E-state index contributed by atoms with van der Waals surface area (Å²) in [6.45, 7) is 1.90. The number of aryl methyl sites for hydroxylation is 1. The number of anilines is 1. The zero-order valence-electron chi connectivity index (χ0n) is 11.0. The molecular formula is C13H21Cl2N3O. The van der Waals surface area contributed by atoms with Crippen LogP contribution in [-0.4, -0.2) is 16.4 Å². The molecule has 0 radical (unpaired) electrons. The maximum atomic E-state index is 12.1. The quantitative estimate of drug-likeness (QED) is 0.883. The maximum Gasteiger partial charge on any atom is 0.245 e. The molecule has 0 spiro atoms. The second-order valence-corrected chi connectivity index (χ2v) is 4.84. The summed E-state index contributed by atoms with van der Waals surface area (Å²) >= 11 is 0. The minimum atomic E-state index is -0.705. The summed E-state index contributed by atoms with van der Waals surface area (Å²) in [6, 6.07) is 5.56. The lowest BCUT2D eigenvalue weighted by Crippen LogP contribution is -2.52. The molecule has 1 saturated carbocycles. The maximum absolute atomic E-state index is 12.1. The summed E-state index contributed by atoms with van der Waals surface area (Å²) in [4.78, 5) is 16.4. The standard InChI is InChI=1S/C13H19N3O.2ClH/c1-10-6-5-7-11(15-10)16-12(17)13(14)8-3-2-4-9-13;;/h5-7H,2-4,8-9,14H2,1H3,(H,15,16,17);2*1H. The molecule has 0 unspecified atom stereocenters. The van der Waals surface area contributed by atoms with Crippen LogP contribution in [0.15, 0.2) is 18.2 Å². The summed E-state index contributed by atoms with van der Waals surface area (Å²) in [7, 11) is 0. The van der Waals surface area contributed by atoms with Gasteiger partial charge in [-0.1, -0.05) is 25.3 Å². The third kappa shape index (κ3) is 4.64. The van der Waals surface area contributed by atoms with Gasteiger partial charge >= 0.3 is 0 Å². The average molecular weight is 306 g/mol. The second-order valence-electron chi connectivity index (χ2n) is 4.84. The van der Waals surface area contributed by atoms with E-state index in [1.807, 2.05) is 19.1 Å². The molecular weight excluding hydrogens is 285 g/mol. The number of halogens is 2. The van der Waals surface area contributed by atoms with E-state index in [9.17, 15) is 4.79 Å². The first kappa shape index (κ1) is 18.2. The van der Waals surface area contributed by atoms with Crippen LogP contribution in [-0.2, 0) is 4.79 Å². The Bertz CT molecular complexity index is 420. The number of hydrogen-bond acceptors (Lipinski definition) is 3. The summed E-state index contributed by atoms with van der Waals surface area (Å²) in [5.41, 5.74) is 6.33. The molecule has 3 N–H and O–H groups in total. The lowest BCUT2D eigenvalue weighted by Gasteiger charge is -2.31. The molecule has 1 fully saturated rings. The van der Waals surface area contributed by atoms with E-state index in [1.54, 1.807) is 6.07 Å². The van der Waals surface area contributed by atoms with Gasteiger partial charge in [-0.3, -0.25) is 4.79 Å². The molecule has 108 valence electrons. The molecule has 4 nitrogen and oxygen atoms in total. The number of carbonyl (C=O) groups is 1. The van der Waals surface area contributed by atoms with Gasteiger partial charge in [0.1, 0.15) is 5.82 Å². The summed E-state index contributed by atoms with van der Waals surface area (Å²) in [5, 5.41) is 2.82. The lowest BCUT2D eigenvalue weighted by atomic mass is 9.82. The zero-order chi connectivity index (χ0) is 12.3. The van der Waals surface area contributed by atoms with Crippen LogP contribution in [0.2, 0.25) is 0 Å². The molecule has 1 aliphatic carbocycles. The smallest absolute Gasteiger partial charge is 0.245 e. The number of nitrogens with one attached hydrogen (secondary N) is 1. The van der Waals surface area contributed by atoms with Crippen molar-refractivity contribution in [3.63, 3.8) is 0 Å². The van der Waals surface area contributed by atoms with Crippen LogP contribution < -0.4 is 11.1 Å². The van der Waals surface area contributed by atoms with E-state index < -0.39 is 5.54 Å². The van der Waals surface area contributed by atoms with Crippen molar-refractivity contribution < 1.29 is 4.79 Å². The van der Waals surface area contributed by atoms with Gasteiger partial charge in [0.15, 0.2) is 0 Å². The van der Waals surface area contributed by atoms with Gasteiger partial charge in [-0.2, -0.15) is 0 Å². The predicted octanol–water partition coefficient (Wildman–Crippen LogP) is 2.83. The molecule has 2 rings (SSSR count). The number of nitrogens with zero attached hydrogens (tertiary/aromatic N) is 1. The van der Waals surface area contributed by atoms with E-state index in [-0.39, 0.29) is 30.7 Å². The fourth-order valence-corrected chi connectivity index (χ4v) is 2.26. The van der Waals surface area contributed by atoms with Gasteiger partial charge in [0.25, 0.3) is 0 Å². The van der Waals surface area contributed by atoms with Crippen molar-refractivity contribution in [1.82, 2.24) is 4.98 Å². The van der Waals surface area contributed by atoms with Gasteiger partial charge in [0, 0.05) is 5.69 Å². The minimum Gasteiger partial charge on any atom is -0.317 e. The normalized spacial score (nSPS) is 16.7. The van der Waals surface area contributed by atoms with Gasteiger partial charge in [-0.05, 0) is 31.9 Å². The Hall–Kier alpha value is -0.840. The van der Waals surface area contributed by atoms with E-state index in [0.717, 1.165) is 31.4 Å². The van der Waals surface area contributed by atoms with E-state index >= 15 is 0 Å². The van der Waals surface area contributed by atoms with Crippen molar-refractivity contribution in [1.29, 1.82) is 0 Å². The highest BCUT2D eigenvalue weighted by Crippen LogP contribution is 2.26. The molecule has 6 heteroatoms. The highest BCUT2D eigenvalue weighted by atomic mass is 35.5. The molecule has 0 saturated heterocycles. The topological polar surface area (TPSA) is 68.0 Å². The van der Waals surface area contributed by atoms with Crippen molar-refractivity contribution in [2.75, 3.05) is 5.32 Å². The van der Waals surface area contributed by atoms with Crippen LogP contribution in [0, 0.1) is 6.92 Å². The lowest BCUT2D eigenvalue weighted by molar-refractivity contribution is -0.122. The Morgan fingerprint density at radius 2 is 1.89 bits per heavy atom. The number of amides is 1. The van der Waals surface area contributed by atoms with Crippen molar-refractivity contribution in [3.05, 3.63) is 23.9 Å². The third-order valence-electron chi connectivity index (χ3n) is 3.33. The fraction of sp³-hybridized carbons (Fsp3) is 0.538. The largest absolute Gasteiger partial charge is 0.317 e. The summed E-state index contributed by atoms with van der Waals surface area (Å²) in [6.07, 6.45) is 4.78. The van der Waals surface area contributed by atoms with E-state index in [0.29, 0.717) is 5.82 Å². The molecule has 1 aromatic rings. The van der Waals surface area contributed by atoms with Gasteiger partial charge in [0.2, 0.25) is 5.91 Å². The van der Waals surface area contributed by atoms with Gasteiger partial charge in [-0.15, -0.1) is 24.8 Å². The monoisotopic (exact) mass is 305 g/mol. The Balaban J connectivity index is 0.00000162. The van der Waals surface area contributed by atoms with Gasteiger partial charge < -0.3 is 11.1 Å². The second kappa shape index (κ2) is 7.68. The third-order valence-corrected chi connectivity index (χ3v) is 3.33. The van der Waals surface area contributed by atoms with Crippen LogP contribution in [0.1, 0.15) is 37.8 Å². The number of rotatable bonds is 2. The molecule has 1 amide bonds. The van der Waals surface area contributed by atoms with Crippen molar-refractivity contribution in [2.24, 2.45) is 5.73 Å². The fourth-order valence-electron chi connectivity index (χ4n) is 2.26. The Morgan fingerprint density at radius 1 is 1.26 bits per heavy atom. The van der Waals surface area contributed by atoms with Crippen LogP contribution in [0.5, 0.6) is 0 Å². The van der Waals surface area contributed by atoms with E-state index in [4.69, 9.17) is 5.73 Å². The zero-order valence-corrected chi connectivity index (χ0v) is 12.6. The molecule has 1 aromatic heterocycles. The van der Waals surface area contributed by atoms with E-state index in [2.05, 4.69) is 10.3 Å². The first-order chi connectivity index (χ1) is 8.10. The Labute approximate surface area is 126 Å². The molecule has 1 aliphatic rings.